The van der Waals surface area contributed by atoms with Crippen molar-refractivity contribution in [2.45, 2.75) is 20.1 Å². The molecule has 2 nitrogen and oxygen atoms in total. The lowest BCUT2D eigenvalue weighted by molar-refractivity contribution is 0.130. The molecule has 0 saturated heterocycles. The molecule has 0 fully saturated rings. The molecule has 0 aromatic heterocycles. The molecule has 0 aromatic carbocycles. The zero-order valence-electron chi connectivity index (χ0n) is 4.14. The van der Waals surface area contributed by atoms with Gasteiger partial charge in [-0.05, 0) is 13.8 Å². The van der Waals surface area contributed by atoms with Crippen LogP contribution in [0.4, 0.5) is 0 Å². The smallest absolute Gasteiger partial charge is 0.103 e. The topological polar surface area (TPSA) is 35.2 Å². The molecule has 1 radical (unpaired) electrons. The van der Waals surface area contributed by atoms with E-state index < -0.39 is 0 Å². The first-order valence-electron chi connectivity index (χ1n) is 1.96. The summed E-state index contributed by atoms with van der Waals surface area (Å²) >= 11 is 0. The van der Waals surface area contributed by atoms with Crippen molar-refractivity contribution in [1.82, 2.24) is 0 Å². The Kier molecular flexibility index (Phi) is 3.08. The van der Waals surface area contributed by atoms with Crippen LogP contribution >= 0.6 is 0 Å². The summed E-state index contributed by atoms with van der Waals surface area (Å²) in [6.45, 7) is 5.15. The summed E-state index contributed by atoms with van der Waals surface area (Å²) in [5, 5.41) is 0. The van der Waals surface area contributed by atoms with E-state index >= 15 is 0 Å². The number of ether oxygens (including phenoxy) is 1. The van der Waals surface area contributed by atoms with Gasteiger partial charge in [0.15, 0.2) is 0 Å². The maximum absolute atomic E-state index is 5.15. The molecule has 1 unspecified atom stereocenters. The van der Waals surface area contributed by atoms with Gasteiger partial charge in [-0.25, -0.2) is 0 Å². The Bertz CT molecular complexity index is 28.7. The monoisotopic (exact) mass is 88.1 g/mol. The summed E-state index contributed by atoms with van der Waals surface area (Å²) in [5.41, 5.74) is 5.15. The predicted octanol–water partition coefficient (Wildman–Crippen LogP) is 0.489. The van der Waals surface area contributed by atoms with Crippen molar-refractivity contribution in [3.63, 3.8) is 0 Å². The van der Waals surface area contributed by atoms with Crippen molar-refractivity contribution in [2.75, 3.05) is 0 Å². The highest BCUT2D eigenvalue weighted by Crippen LogP contribution is 1.80. The second-order valence-electron chi connectivity index (χ2n) is 1.08. The molecule has 1 atom stereocenters. The van der Waals surface area contributed by atoms with E-state index in [0.29, 0.717) is 0 Å². The zero-order valence-corrected chi connectivity index (χ0v) is 4.14. The molecule has 2 heteroatoms. The van der Waals surface area contributed by atoms with E-state index in [0.717, 1.165) is 0 Å². The number of hydrogen-bond donors (Lipinski definition) is 1. The lowest BCUT2D eigenvalue weighted by atomic mass is 10.7. The summed E-state index contributed by atoms with van der Waals surface area (Å²) in [6, 6.07) is 0. The Hall–Kier alpha value is -0.0800. The average molecular weight is 88.1 g/mol. The van der Waals surface area contributed by atoms with E-state index in [2.05, 4.69) is 0 Å². The lowest BCUT2D eigenvalue weighted by Gasteiger charge is -2.00. The van der Waals surface area contributed by atoms with Crippen LogP contribution in [-0.4, -0.2) is 6.23 Å². The molecule has 0 spiro atoms. The number of rotatable bonds is 2. The highest BCUT2D eigenvalue weighted by atomic mass is 16.5. The summed E-state index contributed by atoms with van der Waals surface area (Å²) < 4.78 is 4.69. The molecule has 0 saturated carbocycles. The minimum Gasteiger partial charge on any atom is -0.358 e. The zero-order chi connectivity index (χ0) is 4.99. The van der Waals surface area contributed by atoms with Crippen molar-refractivity contribution in [3.8, 4) is 0 Å². The van der Waals surface area contributed by atoms with Crippen LogP contribution in [0.2, 0.25) is 0 Å². The van der Waals surface area contributed by atoms with E-state index in [1.54, 1.807) is 20.5 Å². The first-order valence-corrected chi connectivity index (χ1v) is 1.96. The first kappa shape index (κ1) is 5.92. The molecule has 0 bridgehead atoms. The van der Waals surface area contributed by atoms with Crippen LogP contribution in [0.15, 0.2) is 0 Å². The third-order valence-electron chi connectivity index (χ3n) is 0.351. The lowest BCUT2D eigenvalue weighted by Crippen LogP contribution is -2.16. The maximum atomic E-state index is 5.15. The molecule has 37 valence electrons. The van der Waals surface area contributed by atoms with Crippen molar-refractivity contribution < 1.29 is 4.74 Å². The molecule has 0 amide bonds. The SMILES string of the molecule is C[CH]OC(C)N. The number of hydrogen-bond acceptors (Lipinski definition) is 2. The predicted molar refractivity (Wildman–Crippen MR) is 24.7 cm³/mol. The third kappa shape index (κ3) is 3.92. The quantitative estimate of drug-likeness (QED) is 0.498. The van der Waals surface area contributed by atoms with Crippen LogP contribution in [0.3, 0.4) is 0 Å². The highest BCUT2D eigenvalue weighted by Gasteiger charge is 1.84. The van der Waals surface area contributed by atoms with Crippen LogP contribution in [0.5, 0.6) is 0 Å². The van der Waals surface area contributed by atoms with Crippen LogP contribution in [-0.2, 0) is 4.74 Å². The van der Waals surface area contributed by atoms with E-state index in [1.807, 2.05) is 0 Å². The van der Waals surface area contributed by atoms with E-state index in [-0.39, 0.29) is 6.23 Å². The highest BCUT2D eigenvalue weighted by molar-refractivity contribution is 4.37. The second kappa shape index (κ2) is 3.12. The molecule has 6 heavy (non-hydrogen) atoms. The van der Waals surface area contributed by atoms with E-state index in [9.17, 15) is 0 Å². The van der Waals surface area contributed by atoms with Crippen molar-refractivity contribution >= 4 is 0 Å². The summed E-state index contributed by atoms with van der Waals surface area (Å²) in [5.74, 6) is 0. The van der Waals surface area contributed by atoms with Gasteiger partial charge < -0.3 is 10.5 Å². The van der Waals surface area contributed by atoms with Crippen LogP contribution in [0, 0.1) is 6.61 Å². The Morgan fingerprint density at radius 3 is 2.33 bits per heavy atom. The first-order chi connectivity index (χ1) is 2.77. The molecule has 0 aliphatic rings. The van der Waals surface area contributed by atoms with Gasteiger partial charge in [-0.15, -0.1) is 0 Å². The largest absolute Gasteiger partial charge is 0.358 e. The van der Waals surface area contributed by atoms with Gasteiger partial charge in [0.1, 0.15) is 6.23 Å². The van der Waals surface area contributed by atoms with Crippen molar-refractivity contribution in [2.24, 2.45) is 5.73 Å². The third-order valence-corrected chi connectivity index (χ3v) is 0.351. The van der Waals surface area contributed by atoms with E-state index in [1.165, 1.54) is 0 Å². The standard InChI is InChI=1S/C4H10NO/c1-3-6-4(2)5/h3-4H,5H2,1-2H3. The van der Waals surface area contributed by atoms with Gasteiger partial charge >= 0.3 is 0 Å². The molecule has 0 heterocycles. The normalized spacial score (nSPS) is 14.5. The Labute approximate surface area is 38.3 Å². The van der Waals surface area contributed by atoms with E-state index in [4.69, 9.17) is 10.5 Å². The molecule has 0 aliphatic carbocycles. The average Bonchev–Trinajstić information content (AvgIpc) is 1.35. The van der Waals surface area contributed by atoms with Gasteiger partial charge in [-0.2, -0.15) is 0 Å². The second-order valence-corrected chi connectivity index (χ2v) is 1.08. The van der Waals surface area contributed by atoms with Crippen LogP contribution < -0.4 is 5.73 Å². The Morgan fingerprint density at radius 2 is 2.33 bits per heavy atom. The van der Waals surface area contributed by atoms with Gasteiger partial charge in [0, 0.05) is 0 Å². The van der Waals surface area contributed by atoms with Gasteiger partial charge in [0.2, 0.25) is 0 Å². The Balaban J connectivity index is 2.63. The minimum absolute atomic E-state index is 0.157. The van der Waals surface area contributed by atoms with Gasteiger partial charge in [-0.1, -0.05) is 0 Å². The fraction of sp³-hybridized carbons (Fsp3) is 0.750. The number of nitrogens with two attached hydrogens (primary N) is 1. The van der Waals surface area contributed by atoms with Crippen LogP contribution in [0.1, 0.15) is 13.8 Å². The summed E-state index contributed by atoms with van der Waals surface area (Å²) in [6.07, 6.45) is -0.157. The molecular formula is C4H10NO. The molecular weight excluding hydrogens is 78.0 g/mol. The van der Waals surface area contributed by atoms with Gasteiger partial charge in [0.25, 0.3) is 0 Å². The summed E-state index contributed by atoms with van der Waals surface area (Å²) in [7, 11) is 0. The maximum Gasteiger partial charge on any atom is 0.103 e. The van der Waals surface area contributed by atoms with Crippen molar-refractivity contribution in [3.05, 3.63) is 6.61 Å². The van der Waals surface area contributed by atoms with Gasteiger partial charge in [0.05, 0.1) is 6.61 Å². The minimum atomic E-state index is -0.157. The summed E-state index contributed by atoms with van der Waals surface area (Å²) in [4.78, 5) is 0. The molecule has 2 N–H and O–H groups in total. The molecule has 0 rings (SSSR count). The fourth-order valence-electron chi connectivity index (χ4n) is 0.215. The van der Waals surface area contributed by atoms with Crippen molar-refractivity contribution in [1.29, 1.82) is 0 Å². The molecule has 0 aromatic rings. The van der Waals surface area contributed by atoms with Gasteiger partial charge in [-0.3, -0.25) is 0 Å². The Morgan fingerprint density at radius 1 is 1.83 bits per heavy atom. The molecule has 0 aliphatic heterocycles. The van der Waals surface area contributed by atoms with Crippen LogP contribution in [0.25, 0.3) is 0 Å². The fourth-order valence-corrected chi connectivity index (χ4v) is 0.215.